The van der Waals surface area contributed by atoms with Crippen LogP contribution in [0.15, 0.2) is 27.6 Å². The molecule has 0 N–H and O–H groups in total. The molecule has 94 valence electrons. The Morgan fingerprint density at radius 3 is 2.71 bits per heavy atom. The highest BCUT2D eigenvalue weighted by molar-refractivity contribution is 9.10. The molecule has 0 atom stereocenters. The first-order valence-electron chi connectivity index (χ1n) is 5.49. The summed E-state index contributed by atoms with van der Waals surface area (Å²) < 4.78 is 5.53. The van der Waals surface area contributed by atoms with Gasteiger partial charge in [0, 0.05) is 9.37 Å². The van der Waals surface area contributed by atoms with E-state index in [1.54, 1.807) is 0 Å². The second-order valence-electron chi connectivity index (χ2n) is 4.24. The second-order valence-corrected chi connectivity index (χ2v) is 6.82. The van der Waals surface area contributed by atoms with Crippen molar-refractivity contribution in [2.24, 2.45) is 0 Å². The van der Waals surface area contributed by atoms with Crippen LogP contribution in [-0.2, 0) is 9.53 Å². The Morgan fingerprint density at radius 1 is 1.47 bits per heavy atom. The Kier molecular flexibility index (Phi) is 5.07. The lowest BCUT2D eigenvalue weighted by Gasteiger charge is -2.22. The molecule has 0 heterocycles. The minimum atomic E-state index is -0.568. The average Bonchev–Trinajstić information content (AvgIpc) is 2.23. The summed E-state index contributed by atoms with van der Waals surface area (Å²) in [5.41, 5.74) is 1.16. The van der Waals surface area contributed by atoms with Crippen LogP contribution in [0, 0.1) is 6.92 Å². The molecular weight excluding hydrogens is 300 g/mol. The van der Waals surface area contributed by atoms with Crippen molar-refractivity contribution in [1.29, 1.82) is 0 Å². The van der Waals surface area contributed by atoms with Gasteiger partial charge in [0.15, 0.2) is 0 Å². The standard InChI is InChI=1S/C13H17BrO2S/c1-5-16-12(15)13(3,4)17-11-8-10(14)7-6-9(11)2/h6-8H,5H2,1-4H3. The summed E-state index contributed by atoms with van der Waals surface area (Å²) in [5.74, 6) is -0.177. The zero-order chi connectivity index (χ0) is 13.1. The molecule has 2 nitrogen and oxygen atoms in total. The zero-order valence-corrected chi connectivity index (χ0v) is 12.9. The molecule has 1 rings (SSSR count). The average molecular weight is 317 g/mol. The van der Waals surface area contributed by atoms with Crippen molar-refractivity contribution in [3.05, 3.63) is 28.2 Å². The molecule has 0 unspecified atom stereocenters. The van der Waals surface area contributed by atoms with Gasteiger partial charge in [-0.15, -0.1) is 11.8 Å². The van der Waals surface area contributed by atoms with Crippen LogP contribution in [0.4, 0.5) is 0 Å². The van der Waals surface area contributed by atoms with Gasteiger partial charge in [0.25, 0.3) is 0 Å². The van der Waals surface area contributed by atoms with Crippen molar-refractivity contribution in [3.63, 3.8) is 0 Å². The number of benzene rings is 1. The van der Waals surface area contributed by atoms with E-state index in [2.05, 4.69) is 15.9 Å². The van der Waals surface area contributed by atoms with Crippen molar-refractivity contribution in [3.8, 4) is 0 Å². The smallest absolute Gasteiger partial charge is 0.321 e. The van der Waals surface area contributed by atoms with Gasteiger partial charge in [-0.05, 0) is 45.4 Å². The van der Waals surface area contributed by atoms with E-state index >= 15 is 0 Å². The normalized spacial score (nSPS) is 11.4. The van der Waals surface area contributed by atoms with Crippen LogP contribution >= 0.6 is 27.7 Å². The van der Waals surface area contributed by atoms with Gasteiger partial charge in [-0.3, -0.25) is 4.79 Å². The quantitative estimate of drug-likeness (QED) is 0.615. The van der Waals surface area contributed by atoms with Crippen LogP contribution in [0.1, 0.15) is 26.3 Å². The van der Waals surface area contributed by atoms with Crippen LogP contribution in [-0.4, -0.2) is 17.3 Å². The number of halogens is 1. The summed E-state index contributed by atoms with van der Waals surface area (Å²) in [5, 5.41) is 0. The Hall–Kier alpha value is -0.480. The number of thioether (sulfide) groups is 1. The molecule has 0 amide bonds. The number of esters is 1. The molecule has 1 aromatic rings. The number of aryl methyl sites for hydroxylation is 1. The largest absolute Gasteiger partial charge is 0.465 e. The summed E-state index contributed by atoms with van der Waals surface area (Å²) in [6, 6.07) is 6.06. The Bertz CT molecular complexity index is 416. The lowest BCUT2D eigenvalue weighted by Crippen LogP contribution is -2.30. The van der Waals surface area contributed by atoms with Gasteiger partial charge in [0.1, 0.15) is 4.75 Å². The number of carbonyl (C=O) groups is 1. The summed E-state index contributed by atoms with van der Waals surface area (Å²) in [7, 11) is 0. The molecule has 4 heteroatoms. The summed E-state index contributed by atoms with van der Waals surface area (Å²) in [6.45, 7) is 8.05. The van der Waals surface area contributed by atoms with Crippen molar-refractivity contribution in [2.45, 2.75) is 37.3 Å². The van der Waals surface area contributed by atoms with E-state index in [1.165, 1.54) is 11.8 Å². The van der Waals surface area contributed by atoms with Crippen molar-refractivity contribution >= 4 is 33.7 Å². The third-order valence-electron chi connectivity index (χ3n) is 2.28. The number of carbonyl (C=O) groups excluding carboxylic acids is 1. The van der Waals surface area contributed by atoms with Gasteiger partial charge in [0.05, 0.1) is 6.61 Å². The number of hydrogen-bond donors (Lipinski definition) is 0. The number of ether oxygens (including phenoxy) is 1. The van der Waals surface area contributed by atoms with E-state index in [9.17, 15) is 4.79 Å². The molecule has 0 aromatic heterocycles. The maximum absolute atomic E-state index is 11.8. The van der Waals surface area contributed by atoms with Gasteiger partial charge in [-0.2, -0.15) is 0 Å². The first-order valence-corrected chi connectivity index (χ1v) is 7.10. The minimum Gasteiger partial charge on any atom is -0.465 e. The Balaban J connectivity index is 2.89. The molecule has 0 bridgehead atoms. The van der Waals surface area contributed by atoms with Gasteiger partial charge in [-0.25, -0.2) is 0 Å². The van der Waals surface area contributed by atoms with Crippen molar-refractivity contribution in [2.75, 3.05) is 6.61 Å². The van der Waals surface area contributed by atoms with Gasteiger partial charge in [0.2, 0.25) is 0 Å². The van der Waals surface area contributed by atoms with Gasteiger partial charge >= 0.3 is 5.97 Å². The Morgan fingerprint density at radius 2 is 2.12 bits per heavy atom. The highest BCUT2D eigenvalue weighted by Gasteiger charge is 2.31. The molecule has 1 aromatic carbocycles. The molecule has 0 saturated carbocycles. The van der Waals surface area contributed by atoms with E-state index in [1.807, 2.05) is 45.9 Å². The fourth-order valence-corrected chi connectivity index (χ4v) is 2.92. The molecule has 17 heavy (non-hydrogen) atoms. The van der Waals surface area contributed by atoms with E-state index in [0.29, 0.717) is 6.61 Å². The minimum absolute atomic E-state index is 0.177. The van der Waals surface area contributed by atoms with Crippen molar-refractivity contribution in [1.82, 2.24) is 0 Å². The number of rotatable bonds is 4. The first kappa shape index (κ1) is 14.6. The van der Waals surface area contributed by atoms with E-state index < -0.39 is 4.75 Å². The van der Waals surface area contributed by atoms with Gasteiger partial charge in [-0.1, -0.05) is 22.0 Å². The fraction of sp³-hybridized carbons (Fsp3) is 0.462. The van der Waals surface area contributed by atoms with E-state index in [0.717, 1.165) is 14.9 Å². The predicted octanol–water partition coefficient (Wildman–Crippen LogP) is 4.19. The van der Waals surface area contributed by atoms with Crippen LogP contribution in [0.3, 0.4) is 0 Å². The van der Waals surface area contributed by atoms with Crippen LogP contribution < -0.4 is 0 Å². The summed E-state index contributed by atoms with van der Waals surface area (Å²) in [6.07, 6.45) is 0. The summed E-state index contributed by atoms with van der Waals surface area (Å²) in [4.78, 5) is 12.9. The first-order chi connectivity index (χ1) is 7.86. The monoisotopic (exact) mass is 316 g/mol. The molecule has 0 aliphatic carbocycles. The molecule has 0 spiro atoms. The molecule has 0 aliphatic rings. The second kappa shape index (κ2) is 5.91. The molecular formula is C13H17BrO2S. The fourth-order valence-electron chi connectivity index (χ4n) is 1.31. The molecule has 0 radical (unpaired) electrons. The maximum atomic E-state index is 11.8. The lowest BCUT2D eigenvalue weighted by molar-refractivity contribution is -0.145. The van der Waals surface area contributed by atoms with Crippen molar-refractivity contribution < 1.29 is 9.53 Å². The third-order valence-corrected chi connectivity index (χ3v) is 4.11. The number of hydrogen-bond acceptors (Lipinski definition) is 3. The SMILES string of the molecule is CCOC(=O)C(C)(C)Sc1cc(Br)ccc1C. The zero-order valence-electron chi connectivity index (χ0n) is 10.5. The molecule has 0 fully saturated rings. The van der Waals surface area contributed by atoms with E-state index in [-0.39, 0.29) is 5.97 Å². The van der Waals surface area contributed by atoms with E-state index in [4.69, 9.17) is 4.74 Å². The van der Waals surface area contributed by atoms with Crippen LogP contribution in [0.2, 0.25) is 0 Å². The predicted molar refractivity (Wildman–Crippen MR) is 75.4 cm³/mol. The molecule has 0 aliphatic heterocycles. The molecule has 0 saturated heterocycles. The Labute approximate surface area is 115 Å². The maximum Gasteiger partial charge on any atom is 0.321 e. The third kappa shape index (κ3) is 4.03. The van der Waals surface area contributed by atoms with Crippen LogP contribution in [0.25, 0.3) is 0 Å². The lowest BCUT2D eigenvalue weighted by atomic mass is 10.2. The van der Waals surface area contributed by atoms with Gasteiger partial charge < -0.3 is 4.74 Å². The highest BCUT2D eigenvalue weighted by Crippen LogP contribution is 2.36. The van der Waals surface area contributed by atoms with Crippen LogP contribution in [0.5, 0.6) is 0 Å². The highest BCUT2D eigenvalue weighted by atomic mass is 79.9. The topological polar surface area (TPSA) is 26.3 Å². The summed E-state index contributed by atoms with van der Waals surface area (Å²) >= 11 is 4.97.